The smallest absolute Gasteiger partial charge is 0.188 e. The van der Waals surface area contributed by atoms with Crippen molar-refractivity contribution in [2.45, 2.75) is 11.8 Å². The van der Waals surface area contributed by atoms with Crippen LogP contribution in [0, 0.1) is 0 Å². The quantitative estimate of drug-likeness (QED) is 0.491. The lowest BCUT2D eigenvalue weighted by Crippen LogP contribution is -2.45. The van der Waals surface area contributed by atoms with Crippen LogP contribution in [0.15, 0.2) is 10.2 Å². The molecule has 0 spiro atoms. The van der Waals surface area contributed by atoms with Crippen LogP contribution in [0.1, 0.15) is 0 Å². The molecule has 0 fully saturated rings. The van der Waals surface area contributed by atoms with Gasteiger partial charge in [-0.2, -0.15) is 15.2 Å². The molecule has 0 radical (unpaired) electrons. The Morgan fingerprint density at radius 1 is 1.56 bits per heavy atom. The molecule has 0 aromatic heterocycles. The van der Waals surface area contributed by atoms with Crippen LogP contribution >= 0.6 is 11.8 Å². The molecule has 2 atom stereocenters. The highest BCUT2D eigenvalue weighted by Gasteiger charge is 2.24. The van der Waals surface area contributed by atoms with Gasteiger partial charge in [-0.25, -0.2) is 0 Å². The van der Waals surface area contributed by atoms with E-state index in [-0.39, 0.29) is 5.50 Å². The molecule has 1 heterocycles. The number of hydrazine groups is 1. The first-order valence-electron chi connectivity index (χ1n) is 2.47. The van der Waals surface area contributed by atoms with Crippen LogP contribution in [0.5, 0.6) is 0 Å². The Labute approximate surface area is 57.4 Å². The predicted octanol–water partition coefficient (Wildman–Crippen LogP) is -0.483. The highest BCUT2D eigenvalue weighted by Crippen LogP contribution is 2.17. The predicted molar refractivity (Wildman–Crippen MR) is 36.2 cm³/mol. The zero-order chi connectivity index (χ0) is 6.85. The molecule has 5 nitrogen and oxygen atoms in total. The van der Waals surface area contributed by atoms with Crippen LogP contribution in [0.3, 0.4) is 0 Å². The Balaban J connectivity index is 2.51. The largest absolute Gasteiger partial charge is 0.295 e. The molecule has 0 aliphatic carbocycles. The highest BCUT2D eigenvalue weighted by atomic mass is 32.2. The van der Waals surface area contributed by atoms with Gasteiger partial charge in [-0.1, -0.05) is 0 Å². The molecule has 52 valence electrons. The number of nitrogens with two attached hydrogens (primary N) is 2. The first kappa shape index (κ1) is 6.94. The van der Waals surface area contributed by atoms with Gasteiger partial charge in [0, 0.05) is 0 Å². The van der Waals surface area contributed by atoms with Gasteiger partial charge in [-0.15, -0.1) is 11.8 Å². The summed E-state index contributed by atoms with van der Waals surface area (Å²) in [5, 5.41) is 8.84. The van der Waals surface area contributed by atoms with Crippen LogP contribution in [0.4, 0.5) is 0 Å². The summed E-state index contributed by atoms with van der Waals surface area (Å²) in [5.41, 5.74) is 5.27. The van der Waals surface area contributed by atoms with Gasteiger partial charge in [0.05, 0.1) is 0 Å². The molecule has 0 saturated carbocycles. The Morgan fingerprint density at radius 2 is 2.22 bits per heavy atom. The maximum absolute atomic E-state index is 5.43. The summed E-state index contributed by atoms with van der Waals surface area (Å²) in [6.45, 7) is 0. The second-order valence-corrected chi connectivity index (χ2v) is 2.55. The molecule has 0 aromatic rings. The maximum Gasteiger partial charge on any atom is 0.188 e. The second-order valence-electron chi connectivity index (χ2n) is 1.65. The molecule has 1 aliphatic heterocycles. The van der Waals surface area contributed by atoms with E-state index in [0.717, 1.165) is 0 Å². The van der Waals surface area contributed by atoms with Crippen LogP contribution in [-0.4, -0.2) is 23.1 Å². The fraction of sp³-hybridized carbons (Fsp3) is 1.00. The van der Waals surface area contributed by atoms with E-state index in [4.69, 9.17) is 11.6 Å². The van der Waals surface area contributed by atoms with Crippen molar-refractivity contribution in [3.8, 4) is 0 Å². The van der Waals surface area contributed by atoms with E-state index < -0.39 is 6.29 Å². The van der Waals surface area contributed by atoms with Crippen molar-refractivity contribution in [3.05, 3.63) is 0 Å². The van der Waals surface area contributed by atoms with Crippen LogP contribution < -0.4 is 11.6 Å². The highest BCUT2D eigenvalue weighted by molar-refractivity contribution is 7.99. The van der Waals surface area contributed by atoms with E-state index in [2.05, 4.69) is 10.2 Å². The average molecular weight is 147 g/mol. The lowest BCUT2D eigenvalue weighted by Gasteiger charge is -2.15. The van der Waals surface area contributed by atoms with Crippen molar-refractivity contribution < 1.29 is 0 Å². The fourth-order valence-electron chi connectivity index (χ4n) is 0.544. The van der Waals surface area contributed by atoms with E-state index in [1.807, 2.05) is 6.26 Å². The van der Waals surface area contributed by atoms with E-state index in [1.165, 1.54) is 16.8 Å². The van der Waals surface area contributed by atoms with Crippen molar-refractivity contribution in [2.75, 3.05) is 6.26 Å². The molecule has 0 bridgehead atoms. The fourth-order valence-corrected chi connectivity index (χ4v) is 1.06. The van der Waals surface area contributed by atoms with Crippen molar-refractivity contribution in [1.82, 2.24) is 5.01 Å². The molecule has 0 aromatic carbocycles. The van der Waals surface area contributed by atoms with Gasteiger partial charge in [0.2, 0.25) is 0 Å². The molecule has 1 rings (SSSR count). The first-order valence-corrected chi connectivity index (χ1v) is 3.76. The van der Waals surface area contributed by atoms with Gasteiger partial charge < -0.3 is 0 Å². The molecule has 1 aliphatic rings. The summed E-state index contributed by atoms with van der Waals surface area (Å²) in [7, 11) is 0. The van der Waals surface area contributed by atoms with Crippen molar-refractivity contribution >= 4 is 11.8 Å². The number of nitrogens with zero attached hydrogens (tertiary/aromatic N) is 3. The van der Waals surface area contributed by atoms with Crippen LogP contribution in [0.2, 0.25) is 0 Å². The topological polar surface area (TPSA) is 80.0 Å². The van der Waals surface area contributed by atoms with Crippen molar-refractivity contribution in [2.24, 2.45) is 21.8 Å². The Kier molecular flexibility index (Phi) is 2.01. The molecular weight excluding hydrogens is 138 g/mol. The number of hydrogen-bond acceptors (Lipinski definition) is 6. The summed E-state index contributed by atoms with van der Waals surface area (Å²) in [5.74, 6) is 5.43. The molecule has 6 heteroatoms. The minimum absolute atomic E-state index is 0.0972. The Morgan fingerprint density at radius 3 is 2.44 bits per heavy atom. The Bertz CT molecular complexity index is 125. The minimum Gasteiger partial charge on any atom is -0.295 e. The third kappa shape index (κ3) is 1.21. The maximum atomic E-state index is 5.43. The van der Waals surface area contributed by atoms with Crippen molar-refractivity contribution in [1.29, 1.82) is 0 Å². The Hall–Kier alpha value is -0.170. The summed E-state index contributed by atoms with van der Waals surface area (Å²) in [6, 6.07) is 0. The minimum atomic E-state index is -0.456. The summed E-state index contributed by atoms with van der Waals surface area (Å²) in [4.78, 5) is 0. The summed E-state index contributed by atoms with van der Waals surface area (Å²) < 4.78 is 0. The van der Waals surface area contributed by atoms with Crippen molar-refractivity contribution in [3.63, 3.8) is 0 Å². The molecule has 0 saturated heterocycles. The van der Waals surface area contributed by atoms with Gasteiger partial charge in [0.25, 0.3) is 0 Å². The second kappa shape index (κ2) is 2.61. The zero-order valence-corrected chi connectivity index (χ0v) is 5.88. The van der Waals surface area contributed by atoms with E-state index >= 15 is 0 Å². The van der Waals surface area contributed by atoms with E-state index in [1.54, 1.807) is 0 Å². The summed E-state index contributed by atoms with van der Waals surface area (Å²) >= 11 is 1.50. The number of hydrogen-bond donors (Lipinski definition) is 2. The lowest BCUT2D eigenvalue weighted by atomic mass is 10.8. The lowest BCUT2D eigenvalue weighted by molar-refractivity contribution is 0.239. The molecular formula is C3H9N5S. The summed E-state index contributed by atoms with van der Waals surface area (Å²) in [6.07, 6.45) is 1.45. The average Bonchev–Trinajstić information content (AvgIpc) is 2.15. The molecule has 4 N–H and O–H groups in total. The van der Waals surface area contributed by atoms with Gasteiger partial charge in [-0.3, -0.25) is 11.6 Å². The van der Waals surface area contributed by atoms with Crippen LogP contribution in [-0.2, 0) is 0 Å². The number of azo groups is 1. The molecule has 0 amide bonds. The molecule has 2 unspecified atom stereocenters. The molecule has 9 heavy (non-hydrogen) atoms. The first-order chi connectivity index (χ1) is 4.25. The van der Waals surface area contributed by atoms with Gasteiger partial charge in [0.1, 0.15) is 0 Å². The van der Waals surface area contributed by atoms with Gasteiger partial charge >= 0.3 is 0 Å². The number of rotatable bonds is 1. The van der Waals surface area contributed by atoms with Gasteiger partial charge in [0.15, 0.2) is 11.8 Å². The van der Waals surface area contributed by atoms with E-state index in [9.17, 15) is 0 Å². The number of thioether (sulfide) groups is 1. The van der Waals surface area contributed by atoms with Gasteiger partial charge in [-0.05, 0) is 6.26 Å². The SMILES string of the molecule is CSC1N=NC(N)N1N. The third-order valence-corrected chi connectivity index (χ3v) is 1.81. The third-order valence-electron chi connectivity index (χ3n) is 1.06. The van der Waals surface area contributed by atoms with Crippen LogP contribution in [0.25, 0.3) is 0 Å². The zero-order valence-electron chi connectivity index (χ0n) is 5.06. The standard InChI is InChI=1S/C3H9N5S/c1-9-3-7-6-2(4)8(3)5/h2-3H,4-5H2,1H3. The monoisotopic (exact) mass is 147 g/mol. The van der Waals surface area contributed by atoms with E-state index in [0.29, 0.717) is 0 Å². The normalized spacial score (nSPS) is 35.9.